The Balaban J connectivity index is 1.94. The maximum atomic E-state index is 13.8. The summed E-state index contributed by atoms with van der Waals surface area (Å²) in [6.07, 6.45) is 0.725. The van der Waals surface area contributed by atoms with Gasteiger partial charge in [0.15, 0.2) is 6.73 Å². The molecule has 1 aliphatic rings. The van der Waals surface area contributed by atoms with Gasteiger partial charge in [-0.1, -0.05) is 46.8 Å². The van der Waals surface area contributed by atoms with E-state index in [1.807, 2.05) is 20.8 Å². The summed E-state index contributed by atoms with van der Waals surface area (Å²) in [5, 5.41) is 12.5. The van der Waals surface area contributed by atoms with Crippen molar-refractivity contribution in [3.05, 3.63) is 53.1 Å². The number of methoxy groups -OCH3 is 1. The molecule has 0 bridgehead atoms. The third kappa shape index (κ3) is 8.57. The van der Waals surface area contributed by atoms with Crippen LogP contribution in [-0.4, -0.2) is 78.8 Å². The van der Waals surface area contributed by atoms with Gasteiger partial charge in [-0.25, -0.2) is 14.0 Å². The minimum atomic E-state index is -2.82. The monoisotopic (exact) mass is 687 g/mol. The predicted molar refractivity (Wildman–Crippen MR) is 177 cm³/mol. The lowest BCUT2D eigenvalue weighted by molar-refractivity contribution is -0.151. The summed E-state index contributed by atoms with van der Waals surface area (Å²) in [6.45, 7) is 9.80. The molecule has 48 heavy (non-hydrogen) atoms. The number of ether oxygens (including phenoxy) is 2. The van der Waals surface area contributed by atoms with E-state index < -0.39 is 58.7 Å². The zero-order chi connectivity index (χ0) is 36.0. The number of carbonyl (C=O) groups excluding carboxylic acids is 4. The molecule has 4 amide bonds. The number of nitrogens with zero attached hydrogens (tertiary/aromatic N) is 3. The number of esters is 1. The quantitative estimate of drug-likeness (QED) is 0.211. The largest absolute Gasteiger partial charge is 0.760 e. The SMILES string of the molecule is CCCC(=O)OCN1C(=O)CCN(c2cc(C(=O)Nc3ccc(CN(S(=O)[O-])C(C)(CC)C(=O)O)cc3)c(OC)c(C(C)(C)C)c2)C1=O. The second kappa shape index (κ2) is 15.7. The molecule has 2 atom stereocenters. The number of hydrogen-bond donors (Lipinski definition) is 2. The first-order chi connectivity index (χ1) is 22.5. The lowest BCUT2D eigenvalue weighted by Crippen LogP contribution is -2.53. The van der Waals surface area contributed by atoms with Gasteiger partial charge >= 0.3 is 18.0 Å². The van der Waals surface area contributed by atoms with Crippen molar-refractivity contribution in [2.45, 2.75) is 84.7 Å². The molecule has 0 saturated carbocycles. The van der Waals surface area contributed by atoms with Gasteiger partial charge in [-0.15, -0.1) is 0 Å². The molecule has 2 aromatic carbocycles. The molecule has 1 heterocycles. The number of amides is 4. The molecule has 2 aromatic rings. The summed E-state index contributed by atoms with van der Waals surface area (Å²) in [5.74, 6) is -2.57. The van der Waals surface area contributed by atoms with E-state index in [1.165, 1.54) is 25.0 Å². The molecule has 1 fully saturated rings. The summed E-state index contributed by atoms with van der Waals surface area (Å²) >= 11 is -2.82. The van der Waals surface area contributed by atoms with Crippen LogP contribution in [0.2, 0.25) is 0 Å². The molecule has 0 aliphatic carbocycles. The number of benzene rings is 2. The van der Waals surface area contributed by atoms with E-state index in [9.17, 15) is 37.8 Å². The Morgan fingerprint density at radius 2 is 1.73 bits per heavy atom. The molecule has 262 valence electrons. The Morgan fingerprint density at radius 1 is 1.08 bits per heavy atom. The Bertz CT molecular complexity index is 1570. The van der Waals surface area contributed by atoms with Gasteiger partial charge in [0.25, 0.3) is 5.91 Å². The van der Waals surface area contributed by atoms with Crippen molar-refractivity contribution in [2.24, 2.45) is 0 Å². The van der Waals surface area contributed by atoms with Gasteiger partial charge in [0.05, 0.1) is 12.7 Å². The fourth-order valence-electron chi connectivity index (χ4n) is 5.07. The number of carboxylic acid groups (broad SMARTS) is 1. The fourth-order valence-corrected chi connectivity index (χ4v) is 5.86. The maximum absolute atomic E-state index is 13.8. The molecule has 1 saturated heterocycles. The van der Waals surface area contributed by atoms with Gasteiger partial charge in [0.1, 0.15) is 11.3 Å². The average Bonchev–Trinajstić information content (AvgIpc) is 3.02. The van der Waals surface area contributed by atoms with Crippen molar-refractivity contribution >= 4 is 52.4 Å². The molecule has 0 spiro atoms. The van der Waals surface area contributed by atoms with Crippen molar-refractivity contribution in [3.63, 3.8) is 0 Å². The van der Waals surface area contributed by atoms with Crippen LogP contribution in [0, 0.1) is 0 Å². The van der Waals surface area contributed by atoms with E-state index in [0.717, 1.165) is 9.21 Å². The summed E-state index contributed by atoms with van der Waals surface area (Å²) in [6, 6.07) is 8.79. The Hall–Kier alpha value is -4.34. The second-order valence-corrected chi connectivity index (χ2v) is 13.4. The van der Waals surface area contributed by atoms with Crippen LogP contribution in [0.4, 0.5) is 16.2 Å². The summed E-state index contributed by atoms with van der Waals surface area (Å²) in [5.41, 5.74) is -0.259. The van der Waals surface area contributed by atoms with Crippen LogP contribution in [0.3, 0.4) is 0 Å². The second-order valence-electron chi connectivity index (χ2n) is 12.6. The zero-order valence-corrected chi connectivity index (χ0v) is 29.1. The van der Waals surface area contributed by atoms with E-state index in [-0.39, 0.29) is 43.7 Å². The minimum absolute atomic E-state index is 0.0247. The number of rotatable bonds is 14. The summed E-state index contributed by atoms with van der Waals surface area (Å²) in [4.78, 5) is 65.9. The Labute approximate surface area is 282 Å². The van der Waals surface area contributed by atoms with Gasteiger partial charge in [-0.05, 0) is 55.0 Å². The van der Waals surface area contributed by atoms with Crippen molar-refractivity contribution < 1.29 is 47.3 Å². The average molecular weight is 688 g/mol. The van der Waals surface area contributed by atoms with Gasteiger partial charge in [-0.2, -0.15) is 0 Å². The lowest BCUT2D eigenvalue weighted by Gasteiger charge is -2.38. The first kappa shape index (κ1) is 38.1. The number of carbonyl (C=O) groups is 5. The van der Waals surface area contributed by atoms with Gasteiger partial charge in [0.2, 0.25) is 5.91 Å². The standard InChI is InChI=1S/C33H44N4O10S/c1-8-10-27(39)47-20-36-26(38)15-16-35(31(36)43)23-17-24(28(46-7)25(18-23)32(3,4)5)29(40)34-22-13-11-21(12-14-22)19-37(48(44)45)33(6,9-2)30(41)42/h11-14,17-18H,8-10,15-16,19-20H2,1-7H3,(H,34,40)(H,41,42)(H,44,45)/p-1. The van der Waals surface area contributed by atoms with Crippen molar-refractivity contribution in [1.29, 1.82) is 0 Å². The van der Waals surface area contributed by atoms with Crippen LogP contribution in [0.25, 0.3) is 0 Å². The lowest BCUT2D eigenvalue weighted by atomic mass is 9.84. The van der Waals surface area contributed by atoms with Gasteiger partial charge in [0, 0.05) is 54.1 Å². The molecule has 1 aliphatic heterocycles. The normalized spacial score (nSPS) is 15.6. The van der Waals surface area contributed by atoms with Crippen LogP contribution >= 0.6 is 0 Å². The van der Waals surface area contributed by atoms with E-state index >= 15 is 0 Å². The molecule has 2 N–H and O–H groups in total. The Morgan fingerprint density at radius 3 is 2.25 bits per heavy atom. The molecule has 3 rings (SSSR count). The molecule has 14 nitrogen and oxygen atoms in total. The summed E-state index contributed by atoms with van der Waals surface area (Å²) in [7, 11) is 1.43. The van der Waals surface area contributed by atoms with E-state index in [0.29, 0.717) is 28.9 Å². The number of urea groups is 1. The van der Waals surface area contributed by atoms with Gasteiger partial charge in [-0.3, -0.25) is 28.3 Å². The highest BCUT2D eigenvalue weighted by atomic mass is 32.2. The highest BCUT2D eigenvalue weighted by Crippen LogP contribution is 2.39. The number of nitrogens with one attached hydrogen (secondary N) is 1. The molecular formula is C33H43N4O10S-. The van der Waals surface area contributed by atoms with Crippen molar-refractivity contribution in [3.8, 4) is 5.75 Å². The van der Waals surface area contributed by atoms with Crippen LogP contribution in [0.1, 0.15) is 88.7 Å². The first-order valence-corrected chi connectivity index (χ1v) is 16.5. The molecule has 2 unspecified atom stereocenters. The topological polar surface area (TPSA) is 186 Å². The maximum Gasteiger partial charge on any atom is 0.333 e. The molecule has 0 aromatic heterocycles. The van der Waals surface area contributed by atoms with Crippen LogP contribution in [-0.2, 0) is 42.3 Å². The zero-order valence-electron chi connectivity index (χ0n) is 28.3. The van der Waals surface area contributed by atoms with Crippen molar-refractivity contribution in [2.75, 3.05) is 30.6 Å². The van der Waals surface area contributed by atoms with E-state index in [4.69, 9.17) is 9.47 Å². The van der Waals surface area contributed by atoms with Crippen LogP contribution in [0.15, 0.2) is 36.4 Å². The van der Waals surface area contributed by atoms with Crippen LogP contribution in [0.5, 0.6) is 5.75 Å². The number of hydrogen-bond acceptors (Lipinski definition) is 9. The number of carboxylic acids is 1. The minimum Gasteiger partial charge on any atom is -0.760 e. The fraction of sp³-hybridized carbons (Fsp3) is 0.485. The highest BCUT2D eigenvalue weighted by molar-refractivity contribution is 7.76. The third-order valence-electron chi connectivity index (χ3n) is 8.18. The highest BCUT2D eigenvalue weighted by Gasteiger charge is 2.39. The van der Waals surface area contributed by atoms with E-state index in [1.54, 1.807) is 44.2 Å². The molecular weight excluding hydrogens is 644 g/mol. The number of anilines is 2. The smallest absolute Gasteiger partial charge is 0.333 e. The Kier molecular flexibility index (Phi) is 12.5. The van der Waals surface area contributed by atoms with E-state index in [2.05, 4.69) is 5.32 Å². The van der Waals surface area contributed by atoms with Gasteiger partial charge < -0.3 is 24.4 Å². The first-order valence-electron chi connectivity index (χ1n) is 15.5. The van der Waals surface area contributed by atoms with Crippen molar-refractivity contribution in [1.82, 2.24) is 9.21 Å². The molecule has 15 heteroatoms. The predicted octanol–water partition coefficient (Wildman–Crippen LogP) is 4.55. The third-order valence-corrected chi connectivity index (χ3v) is 9.07. The number of imide groups is 1. The number of aliphatic carboxylic acids is 1. The van der Waals surface area contributed by atoms with Crippen LogP contribution < -0.4 is 15.0 Å². The molecule has 0 radical (unpaired) electrons. The summed E-state index contributed by atoms with van der Waals surface area (Å²) < 4.78 is 35.6.